The molecule has 0 bridgehead atoms. The lowest BCUT2D eigenvalue weighted by atomic mass is 10.3. The largest absolute Gasteiger partial charge is 0.423 e. The Labute approximate surface area is 121 Å². The van der Waals surface area contributed by atoms with Crippen molar-refractivity contribution in [1.82, 2.24) is 15.2 Å². The molecule has 2 N–H and O–H groups in total. The number of aromatic nitrogens is 1. The van der Waals surface area contributed by atoms with Crippen LogP contribution in [0, 0.1) is 10.1 Å². The third kappa shape index (κ3) is 3.29. The van der Waals surface area contributed by atoms with Crippen LogP contribution in [-0.2, 0) is 0 Å². The van der Waals surface area contributed by atoms with E-state index in [-0.39, 0.29) is 5.69 Å². The monoisotopic (exact) mass is 291 g/mol. The van der Waals surface area contributed by atoms with E-state index in [9.17, 15) is 10.1 Å². The quantitative estimate of drug-likeness (QED) is 0.628. The van der Waals surface area contributed by atoms with Gasteiger partial charge in [-0.2, -0.15) is 4.98 Å². The van der Waals surface area contributed by atoms with E-state index >= 15 is 0 Å². The lowest BCUT2D eigenvalue weighted by Crippen LogP contribution is -2.45. The van der Waals surface area contributed by atoms with Gasteiger partial charge in [-0.3, -0.25) is 15.0 Å². The predicted molar refractivity (Wildman–Crippen MR) is 78.5 cm³/mol. The summed E-state index contributed by atoms with van der Waals surface area (Å²) in [4.78, 5) is 16.9. The van der Waals surface area contributed by atoms with Gasteiger partial charge in [0.1, 0.15) is 5.52 Å². The first kappa shape index (κ1) is 13.8. The normalized spacial score (nSPS) is 16.2. The third-order valence-corrected chi connectivity index (χ3v) is 3.50. The van der Waals surface area contributed by atoms with Crippen LogP contribution >= 0.6 is 0 Å². The molecule has 8 nitrogen and oxygen atoms in total. The van der Waals surface area contributed by atoms with Crippen molar-refractivity contribution in [2.45, 2.75) is 0 Å². The molecule has 1 saturated heterocycles. The number of non-ortho nitro benzene ring substituents is 1. The number of anilines is 1. The van der Waals surface area contributed by atoms with E-state index in [1.54, 1.807) is 6.07 Å². The summed E-state index contributed by atoms with van der Waals surface area (Å²) in [6.07, 6.45) is 0. The fourth-order valence-electron chi connectivity index (χ4n) is 2.36. The highest BCUT2D eigenvalue weighted by Crippen LogP contribution is 2.23. The minimum Gasteiger partial charge on any atom is -0.423 e. The molecule has 1 aromatic heterocycles. The highest BCUT2D eigenvalue weighted by atomic mass is 16.6. The fourth-order valence-corrected chi connectivity index (χ4v) is 2.36. The van der Waals surface area contributed by atoms with Crippen LogP contribution in [0.1, 0.15) is 0 Å². The van der Waals surface area contributed by atoms with Gasteiger partial charge in [0.15, 0.2) is 5.58 Å². The lowest BCUT2D eigenvalue weighted by Gasteiger charge is -2.26. The molecule has 0 amide bonds. The van der Waals surface area contributed by atoms with Crippen molar-refractivity contribution in [1.29, 1.82) is 0 Å². The minimum atomic E-state index is -0.445. The molecule has 1 aliphatic heterocycles. The van der Waals surface area contributed by atoms with Gasteiger partial charge in [0.25, 0.3) is 11.7 Å². The van der Waals surface area contributed by atoms with Gasteiger partial charge in [0, 0.05) is 45.3 Å². The number of rotatable bonds is 5. The Morgan fingerprint density at radius 2 is 2.24 bits per heavy atom. The summed E-state index contributed by atoms with van der Waals surface area (Å²) in [5, 5.41) is 17.1. The first-order chi connectivity index (χ1) is 10.2. The van der Waals surface area contributed by atoms with Crippen LogP contribution in [0.4, 0.5) is 11.7 Å². The molecule has 0 radical (unpaired) electrons. The molecule has 21 heavy (non-hydrogen) atoms. The molecule has 3 rings (SSSR count). The van der Waals surface area contributed by atoms with Crippen LogP contribution < -0.4 is 10.6 Å². The van der Waals surface area contributed by atoms with Crippen molar-refractivity contribution in [2.24, 2.45) is 0 Å². The van der Waals surface area contributed by atoms with Gasteiger partial charge < -0.3 is 15.1 Å². The second-order valence-electron chi connectivity index (χ2n) is 4.95. The van der Waals surface area contributed by atoms with Gasteiger partial charge in [-0.1, -0.05) is 0 Å². The molecule has 112 valence electrons. The molecule has 0 atom stereocenters. The second-order valence-corrected chi connectivity index (χ2v) is 4.95. The van der Waals surface area contributed by atoms with E-state index in [1.165, 1.54) is 12.1 Å². The number of piperazine rings is 1. The minimum absolute atomic E-state index is 0.00557. The van der Waals surface area contributed by atoms with Crippen molar-refractivity contribution >= 4 is 22.8 Å². The van der Waals surface area contributed by atoms with Crippen molar-refractivity contribution in [3.63, 3.8) is 0 Å². The molecule has 0 unspecified atom stereocenters. The zero-order valence-electron chi connectivity index (χ0n) is 11.5. The highest BCUT2D eigenvalue weighted by Gasteiger charge is 2.12. The maximum absolute atomic E-state index is 10.7. The summed E-state index contributed by atoms with van der Waals surface area (Å²) in [5.74, 6) is 0. The zero-order valence-corrected chi connectivity index (χ0v) is 11.5. The summed E-state index contributed by atoms with van der Waals surface area (Å²) >= 11 is 0. The Morgan fingerprint density at radius 3 is 3.00 bits per heavy atom. The molecule has 8 heteroatoms. The maximum Gasteiger partial charge on any atom is 0.295 e. The summed E-state index contributed by atoms with van der Waals surface area (Å²) in [5.41, 5.74) is 1.05. The van der Waals surface area contributed by atoms with Crippen LogP contribution in [0.25, 0.3) is 11.1 Å². The Hall–Kier alpha value is -2.19. The molecular weight excluding hydrogens is 274 g/mol. The number of nitrogens with zero attached hydrogens (tertiary/aromatic N) is 3. The molecule has 0 saturated carbocycles. The van der Waals surface area contributed by atoms with E-state index < -0.39 is 4.92 Å². The highest BCUT2D eigenvalue weighted by molar-refractivity contribution is 5.77. The van der Waals surface area contributed by atoms with E-state index in [1.807, 2.05) is 0 Å². The van der Waals surface area contributed by atoms with Crippen LogP contribution in [0.3, 0.4) is 0 Å². The number of fused-ring (bicyclic) bond motifs is 1. The van der Waals surface area contributed by atoms with E-state index in [4.69, 9.17) is 4.42 Å². The Balaban J connectivity index is 1.60. The molecule has 1 aromatic carbocycles. The van der Waals surface area contributed by atoms with Crippen LogP contribution in [-0.4, -0.2) is 54.1 Å². The summed E-state index contributed by atoms with van der Waals surface area (Å²) in [6.45, 7) is 5.78. The summed E-state index contributed by atoms with van der Waals surface area (Å²) in [6, 6.07) is 4.82. The number of oxazole rings is 1. The number of hydrogen-bond acceptors (Lipinski definition) is 7. The van der Waals surface area contributed by atoms with E-state index in [0.717, 1.165) is 39.3 Å². The third-order valence-electron chi connectivity index (χ3n) is 3.50. The van der Waals surface area contributed by atoms with Crippen molar-refractivity contribution in [2.75, 3.05) is 44.6 Å². The molecule has 2 heterocycles. The average Bonchev–Trinajstić information content (AvgIpc) is 2.90. The first-order valence-electron chi connectivity index (χ1n) is 6.94. The summed E-state index contributed by atoms with van der Waals surface area (Å²) in [7, 11) is 0. The van der Waals surface area contributed by atoms with Gasteiger partial charge in [-0.15, -0.1) is 0 Å². The Bertz CT molecular complexity index is 636. The van der Waals surface area contributed by atoms with Crippen molar-refractivity contribution in [3.05, 3.63) is 28.3 Å². The molecule has 1 fully saturated rings. The Kier molecular flexibility index (Phi) is 3.98. The second kappa shape index (κ2) is 6.06. The Morgan fingerprint density at radius 1 is 1.43 bits per heavy atom. The van der Waals surface area contributed by atoms with Gasteiger partial charge >= 0.3 is 0 Å². The van der Waals surface area contributed by atoms with Crippen LogP contribution in [0.5, 0.6) is 0 Å². The number of nitro groups is 1. The molecule has 1 aliphatic rings. The maximum atomic E-state index is 10.7. The SMILES string of the molecule is O=[N+]([O-])c1ccc2nc(NCCN3CCNCC3)oc2c1. The molecular formula is C13H17N5O3. The number of benzene rings is 1. The lowest BCUT2D eigenvalue weighted by molar-refractivity contribution is -0.384. The van der Waals surface area contributed by atoms with Gasteiger partial charge in [0.2, 0.25) is 0 Å². The smallest absolute Gasteiger partial charge is 0.295 e. The molecule has 2 aromatic rings. The number of nitro benzene ring substituents is 1. The van der Waals surface area contributed by atoms with Gasteiger partial charge in [-0.25, -0.2) is 0 Å². The summed E-state index contributed by atoms with van der Waals surface area (Å²) < 4.78 is 5.49. The van der Waals surface area contributed by atoms with Crippen molar-refractivity contribution < 1.29 is 9.34 Å². The van der Waals surface area contributed by atoms with E-state index in [2.05, 4.69) is 20.5 Å². The molecule has 0 aliphatic carbocycles. The fraction of sp³-hybridized carbons (Fsp3) is 0.462. The average molecular weight is 291 g/mol. The molecule has 0 spiro atoms. The zero-order chi connectivity index (χ0) is 14.7. The topological polar surface area (TPSA) is 96.5 Å². The standard InChI is InChI=1S/C13H17N5O3/c19-18(20)10-1-2-11-12(9-10)21-13(16-11)15-5-8-17-6-3-14-4-7-17/h1-2,9,14H,3-8H2,(H,15,16). The predicted octanol–water partition coefficient (Wildman–Crippen LogP) is 1.05. The number of hydrogen-bond donors (Lipinski definition) is 2. The first-order valence-corrected chi connectivity index (χ1v) is 6.94. The van der Waals surface area contributed by atoms with Crippen molar-refractivity contribution in [3.8, 4) is 0 Å². The van der Waals surface area contributed by atoms with Crippen LogP contribution in [0.15, 0.2) is 22.6 Å². The van der Waals surface area contributed by atoms with Gasteiger partial charge in [-0.05, 0) is 6.07 Å². The number of nitrogens with one attached hydrogen (secondary N) is 2. The van der Waals surface area contributed by atoms with Gasteiger partial charge in [0.05, 0.1) is 11.0 Å². The van der Waals surface area contributed by atoms with E-state index in [0.29, 0.717) is 17.1 Å². The van der Waals surface area contributed by atoms with Crippen LogP contribution in [0.2, 0.25) is 0 Å².